The highest BCUT2D eigenvalue weighted by atomic mass is 35.5. The molecule has 0 aliphatic rings. The number of furan rings is 1. The largest absolute Gasteiger partial charge is 0.458 e. The first kappa shape index (κ1) is 16.7. The lowest BCUT2D eigenvalue weighted by Gasteiger charge is -2.16. The summed E-state index contributed by atoms with van der Waals surface area (Å²) in [5, 5.41) is 5.34. The molecule has 1 N–H and O–H groups in total. The molecular weight excluding hydrogens is 302 g/mol. The molecule has 116 valence electrons. The molecule has 0 spiro atoms. The van der Waals surface area contributed by atoms with Crippen LogP contribution in [0.4, 0.5) is 0 Å². The Bertz CT molecular complexity index is 567. The summed E-state index contributed by atoms with van der Waals surface area (Å²) in [6.45, 7) is 7.68. The van der Waals surface area contributed by atoms with Crippen molar-refractivity contribution in [2.45, 2.75) is 33.2 Å². The highest BCUT2D eigenvalue weighted by Gasteiger charge is 2.17. The van der Waals surface area contributed by atoms with Crippen LogP contribution in [0.3, 0.4) is 0 Å². The number of hydrogen-bond donors (Lipinski definition) is 1. The molecule has 1 aromatic heterocycles. The van der Waals surface area contributed by atoms with Crippen LogP contribution in [-0.2, 0) is 0 Å². The highest BCUT2D eigenvalue weighted by molar-refractivity contribution is 7.99. The van der Waals surface area contributed by atoms with E-state index in [1.165, 1.54) is 5.75 Å². The van der Waals surface area contributed by atoms with E-state index in [4.69, 9.17) is 16.0 Å². The van der Waals surface area contributed by atoms with Gasteiger partial charge in [0.1, 0.15) is 5.76 Å². The summed E-state index contributed by atoms with van der Waals surface area (Å²) in [7, 11) is 0. The SMILES string of the molecule is CCCNC(CSCC(C)C)c1cc2cccc(Cl)c2o1. The van der Waals surface area contributed by atoms with Gasteiger partial charge in [-0.25, -0.2) is 0 Å². The first-order chi connectivity index (χ1) is 10.1. The molecule has 0 amide bonds. The first-order valence-electron chi connectivity index (χ1n) is 7.61. The minimum Gasteiger partial charge on any atom is -0.458 e. The summed E-state index contributed by atoms with van der Waals surface area (Å²) in [5.74, 6) is 3.90. The minimum atomic E-state index is 0.247. The van der Waals surface area contributed by atoms with Crippen LogP contribution >= 0.6 is 23.4 Å². The fraction of sp³-hybridized carbons (Fsp3) is 0.529. The fourth-order valence-electron chi connectivity index (χ4n) is 2.20. The van der Waals surface area contributed by atoms with E-state index in [2.05, 4.69) is 32.2 Å². The van der Waals surface area contributed by atoms with Crippen LogP contribution in [0.1, 0.15) is 39.0 Å². The number of hydrogen-bond acceptors (Lipinski definition) is 3. The van der Waals surface area contributed by atoms with Crippen molar-refractivity contribution in [1.82, 2.24) is 5.32 Å². The molecule has 0 radical (unpaired) electrons. The van der Waals surface area contributed by atoms with Gasteiger partial charge in [-0.15, -0.1) is 0 Å². The first-order valence-corrected chi connectivity index (χ1v) is 9.14. The van der Waals surface area contributed by atoms with E-state index < -0.39 is 0 Å². The number of halogens is 1. The second-order valence-electron chi connectivity index (χ2n) is 5.74. The summed E-state index contributed by atoms with van der Waals surface area (Å²) in [6, 6.07) is 8.25. The van der Waals surface area contributed by atoms with Gasteiger partial charge >= 0.3 is 0 Å². The number of para-hydroxylation sites is 1. The lowest BCUT2D eigenvalue weighted by molar-refractivity contribution is 0.456. The Kier molecular flexibility index (Phi) is 6.46. The van der Waals surface area contributed by atoms with Crippen molar-refractivity contribution >= 4 is 34.3 Å². The number of nitrogens with one attached hydrogen (secondary N) is 1. The third-order valence-corrected chi connectivity index (χ3v) is 5.00. The maximum atomic E-state index is 6.21. The Morgan fingerprint density at radius 1 is 1.29 bits per heavy atom. The molecular formula is C17H24ClNOS. The van der Waals surface area contributed by atoms with Gasteiger partial charge in [-0.3, -0.25) is 0 Å². The molecule has 0 aliphatic carbocycles. The van der Waals surface area contributed by atoms with Gasteiger partial charge in [0, 0.05) is 11.1 Å². The highest BCUT2D eigenvalue weighted by Crippen LogP contribution is 2.30. The Hall–Kier alpha value is -0.640. The average molecular weight is 326 g/mol. The van der Waals surface area contributed by atoms with Gasteiger partial charge in [-0.1, -0.05) is 44.5 Å². The Morgan fingerprint density at radius 2 is 2.10 bits per heavy atom. The monoisotopic (exact) mass is 325 g/mol. The number of fused-ring (bicyclic) bond motifs is 1. The molecule has 0 bridgehead atoms. The van der Waals surface area contributed by atoms with E-state index in [-0.39, 0.29) is 6.04 Å². The zero-order chi connectivity index (χ0) is 15.2. The normalized spacial score (nSPS) is 13.2. The topological polar surface area (TPSA) is 25.2 Å². The summed E-state index contributed by atoms with van der Waals surface area (Å²) in [5.41, 5.74) is 0.798. The van der Waals surface area contributed by atoms with Crippen molar-refractivity contribution in [3.63, 3.8) is 0 Å². The smallest absolute Gasteiger partial charge is 0.152 e. The van der Waals surface area contributed by atoms with E-state index >= 15 is 0 Å². The summed E-state index contributed by atoms with van der Waals surface area (Å²) < 4.78 is 6.01. The third-order valence-electron chi connectivity index (χ3n) is 3.23. The van der Waals surface area contributed by atoms with Crippen molar-refractivity contribution in [3.05, 3.63) is 35.0 Å². The van der Waals surface area contributed by atoms with E-state index in [9.17, 15) is 0 Å². The molecule has 0 saturated heterocycles. The Labute approximate surface area is 136 Å². The third kappa shape index (κ3) is 4.67. The molecule has 1 unspecified atom stereocenters. The van der Waals surface area contributed by atoms with Crippen molar-refractivity contribution in [1.29, 1.82) is 0 Å². The van der Waals surface area contributed by atoms with Gasteiger partial charge in [-0.05, 0) is 36.8 Å². The minimum absolute atomic E-state index is 0.247. The van der Waals surface area contributed by atoms with E-state index in [0.29, 0.717) is 10.9 Å². The molecule has 2 rings (SSSR count). The van der Waals surface area contributed by atoms with Crippen molar-refractivity contribution in [2.24, 2.45) is 5.92 Å². The maximum Gasteiger partial charge on any atom is 0.152 e. The van der Waals surface area contributed by atoms with E-state index in [1.807, 2.05) is 30.0 Å². The quantitative estimate of drug-likeness (QED) is 0.692. The molecule has 2 aromatic rings. The van der Waals surface area contributed by atoms with Crippen molar-refractivity contribution in [2.75, 3.05) is 18.1 Å². The zero-order valence-corrected chi connectivity index (χ0v) is 14.6. The molecule has 1 aromatic carbocycles. The number of benzene rings is 1. The maximum absolute atomic E-state index is 6.21. The van der Waals surface area contributed by atoms with E-state index in [1.54, 1.807) is 0 Å². The molecule has 21 heavy (non-hydrogen) atoms. The molecule has 0 aliphatic heterocycles. The average Bonchev–Trinajstić information content (AvgIpc) is 2.87. The number of rotatable bonds is 8. The van der Waals surface area contributed by atoms with E-state index in [0.717, 1.165) is 35.4 Å². The van der Waals surface area contributed by atoms with Crippen LogP contribution in [0.2, 0.25) is 5.02 Å². The van der Waals surface area contributed by atoms with Crippen molar-refractivity contribution in [3.8, 4) is 0 Å². The van der Waals surface area contributed by atoms with Crippen LogP contribution in [-0.4, -0.2) is 18.1 Å². The molecule has 0 saturated carbocycles. The van der Waals surface area contributed by atoms with Gasteiger partial charge in [0.25, 0.3) is 0 Å². The summed E-state index contributed by atoms with van der Waals surface area (Å²) in [4.78, 5) is 0. The fourth-order valence-corrected chi connectivity index (χ4v) is 3.55. The van der Waals surface area contributed by atoms with Gasteiger partial charge in [0.2, 0.25) is 0 Å². The van der Waals surface area contributed by atoms with Gasteiger partial charge in [0.15, 0.2) is 5.58 Å². The lowest BCUT2D eigenvalue weighted by atomic mass is 10.2. The summed E-state index contributed by atoms with van der Waals surface area (Å²) in [6.07, 6.45) is 1.12. The zero-order valence-electron chi connectivity index (χ0n) is 13.0. The van der Waals surface area contributed by atoms with Gasteiger partial charge in [-0.2, -0.15) is 11.8 Å². The molecule has 2 nitrogen and oxygen atoms in total. The molecule has 4 heteroatoms. The van der Waals surface area contributed by atoms with Gasteiger partial charge < -0.3 is 9.73 Å². The van der Waals surface area contributed by atoms with Crippen LogP contribution in [0, 0.1) is 5.92 Å². The molecule has 0 fully saturated rings. The number of thioether (sulfide) groups is 1. The molecule has 1 atom stereocenters. The van der Waals surface area contributed by atoms with Crippen LogP contribution in [0.5, 0.6) is 0 Å². The summed E-state index contributed by atoms with van der Waals surface area (Å²) >= 11 is 8.18. The standard InChI is InChI=1S/C17H24ClNOS/c1-4-8-19-15(11-21-10-12(2)3)16-9-13-6-5-7-14(18)17(13)20-16/h5-7,9,12,15,19H,4,8,10-11H2,1-3H3. The van der Waals surface area contributed by atoms with Crippen LogP contribution in [0.25, 0.3) is 11.0 Å². The second kappa shape index (κ2) is 8.11. The Morgan fingerprint density at radius 3 is 2.76 bits per heavy atom. The van der Waals surface area contributed by atoms with Crippen LogP contribution in [0.15, 0.2) is 28.7 Å². The van der Waals surface area contributed by atoms with Crippen LogP contribution < -0.4 is 5.32 Å². The Balaban J connectivity index is 2.15. The lowest BCUT2D eigenvalue weighted by Crippen LogP contribution is -2.24. The van der Waals surface area contributed by atoms with Gasteiger partial charge in [0.05, 0.1) is 11.1 Å². The molecule has 1 heterocycles. The van der Waals surface area contributed by atoms with Crippen molar-refractivity contribution < 1.29 is 4.42 Å². The predicted molar refractivity (Wildman–Crippen MR) is 94.4 cm³/mol. The second-order valence-corrected chi connectivity index (χ2v) is 7.23. The predicted octanol–water partition coefficient (Wildman–Crippen LogP) is 5.52.